The van der Waals surface area contributed by atoms with Crippen LogP contribution in [0.3, 0.4) is 0 Å². The van der Waals surface area contributed by atoms with Gasteiger partial charge in [0.1, 0.15) is 6.29 Å². The molecule has 2 unspecified atom stereocenters. The molecule has 0 rings (SSSR count). The molecule has 6 nitrogen and oxygen atoms in total. The van der Waals surface area contributed by atoms with E-state index in [-0.39, 0.29) is 12.7 Å². The molecule has 0 aromatic heterocycles. The SMILES string of the molecule is CCCC(C=O)C(N)(C=O)C(=O)OO. The van der Waals surface area contributed by atoms with Crippen molar-refractivity contribution in [2.24, 2.45) is 11.7 Å². The van der Waals surface area contributed by atoms with E-state index < -0.39 is 17.4 Å². The molecule has 0 bridgehead atoms. The maximum absolute atomic E-state index is 11.0. The summed E-state index contributed by atoms with van der Waals surface area (Å²) < 4.78 is 0. The summed E-state index contributed by atoms with van der Waals surface area (Å²) in [4.78, 5) is 35.5. The van der Waals surface area contributed by atoms with Crippen molar-refractivity contribution in [1.82, 2.24) is 0 Å². The second-order valence-electron chi connectivity index (χ2n) is 2.96. The van der Waals surface area contributed by atoms with Crippen LogP contribution < -0.4 is 5.73 Å². The standard InChI is InChI=1S/C8H13NO5/c1-2-3-6(4-10)8(9,5-11)7(12)14-13/h4-6,13H,2-3,9H2,1H3. The predicted molar refractivity (Wildman–Crippen MR) is 46.2 cm³/mol. The quantitative estimate of drug-likeness (QED) is 0.261. The van der Waals surface area contributed by atoms with Crippen LogP contribution >= 0.6 is 0 Å². The van der Waals surface area contributed by atoms with E-state index in [9.17, 15) is 14.4 Å². The molecule has 0 aliphatic carbocycles. The lowest BCUT2D eigenvalue weighted by Gasteiger charge is -2.24. The first-order valence-corrected chi connectivity index (χ1v) is 4.13. The van der Waals surface area contributed by atoms with Crippen LogP contribution in [0, 0.1) is 5.92 Å². The summed E-state index contributed by atoms with van der Waals surface area (Å²) in [5.74, 6) is -2.30. The van der Waals surface area contributed by atoms with Gasteiger partial charge < -0.3 is 15.3 Å². The van der Waals surface area contributed by atoms with Crippen molar-refractivity contribution < 1.29 is 24.5 Å². The minimum Gasteiger partial charge on any atom is -0.309 e. The van der Waals surface area contributed by atoms with Gasteiger partial charge in [-0.05, 0) is 6.42 Å². The second kappa shape index (κ2) is 5.46. The van der Waals surface area contributed by atoms with Gasteiger partial charge in [0.15, 0.2) is 11.8 Å². The van der Waals surface area contributed by atoms with E-state index in [2.05, 4.69) is 4.89 Å². The van der Waals surface area contributed by atoms with Gasteiger partial charge in [-0.3, -0.25) is 4.89 Å². The average molecular weight is 203 g/mol. The highest BCUT2D eigenvalue weighted by Gasteiger charge is 2.43. The normalized spacial score (nSPS) is 16.5. The molecule has 0 aromatic rings. The molecule has 0 saturated heterocycles. The van der Waals surface area contributed by atoms with Gasteiger partial charge in [-0.2, -0.15) is 5.26 Å². The first kappa shape index (κ1) is 12.7. The summed E-state index contributed by atoms with van der Waals surface area (Å²) >= 11 is 0. The second-order valence-corrected chi connectivity index (χ2v) is 2.96. The van der Waals surface area contributed by atoms with Gasteiger partial charge in [-0.25, -0.2) is 4.79 Å². The zero-order valence-corrected chi connectivity index (χ0v) is 7.80. The number of aldehydes is 2. The number of carbonyl (C=O) groups excluding carboxylic acids is 3. The molecule has 0 fully saturated rings. The Balaban J connectivity index is 4.87. The lowest BCUT2D eigenvalue weighted by Crippen LogP contribution is -2.56. The molecule has 0 aliphatic rings. The van der Waals surface area contributed by atoms with Crippen LogP contribution in [0.25, 0.3) is 0 Å². The Morgan fingerprint density at radius 1 is 1.64 bits per heavy atom. The van der Waals surface area contributed by atoms with E-state index in [1.54, 1.807) is 6.92 Å². The largest absolute Gasteiger partial charge is 0.369 e. The predicted octanol–water partition coefficient (Wildman–Crippen LogP) is -0.486. The van der Waals surface area contributed by atoms with Crippen molar-refractivity contribution in [3.05, 3.63) is 0 Å². The van der Waals surface area contributed by atoms with Crippen molar-refractivity contribution in [2.45, 2.75) is 25.3 Å². The first-order valence-electron chi connectivity index (χ1n) is 4.13. The molecule has 0 aromatic carbocycles. The molecule has 80 valence electrons. The molecule has 2 atom stereocenters. The van der Waals surface area contributed by atoms with Crippen molar-refractivity contribution >= 4 is 18.5 Å². The van der Waals surface area contributed by atoms with E-state index in [0.29, 0.717) is 12.7 Å². The molecular weight excluding hydrogens is 190 g/mol. The van der Waals surface area contributed by atoms with Gasteiger partial charge in [0, 0.05) is 0 Å². The lowest BCUT2D eigenvalue weighted by atomic mass is 9.84. The van der Waals surface area contributed by atoms with Crippen LogP contribution in [-0.2, 0) is 19.3 Å². The van der Waals surface area contributed by atoms with E-state index in [0.717, 1.165) is 0 Å². The Bertz CT molecular complexity index is 230. The molecule has 3 N–H and O–H groups in total. The number of hydrogen-bond acceptors (Lipinski definition) is 6. The monoisotopic (exact) mass is 203 g/mol. The highest BCUT2D eigenvalue weighted by molar-refractivity contribution is 6.00. The summed E-state index contributed by atoms with van der Waals surface area (Å²) in [6.45, 7) is 1.77. The Morgan fingerprint density at radius 3 is 2.50 bits per heavy atom. The average Bonchev–Trinajstić information content (AvgIpc) is 2.23. The Hall–Kier alpha value is -1.27. The third kappa shape index (κ3) is 2.36. The molecule has 14 heavy (non-hydrogen) atoms. The van der Waals surface area contributed by atoms with Crippen LogP contribution in [-0.4, -0.2) is 29.3 Å². The number of nitrogens with two attached hydrogens (primary N) is 1. The van der Waals surface area contributed by atoms with Gasteiger partial charge in [-0.1, -0.05) is 13.3 Å². The molecule has 0 aliphatic heterocycles. The maximum Gasteiger partial charge on any atom is 0.369 e. The van der Waals surface area contributed by atoms with Crippen molar-refractivity contribution in [3.8, 4) is 0 Å². The summed E-state index contributed by atoms with van der Waals surface area (Å²) in [5.41, 5.74) is 3.27. The van der Waals surface area contributed by atoms with Crippen LogP contribution in [0.15, 0.2) is 0 Å². The third-order valence-electron chi connectivity index (χ3n) is 2.01. The molecule has 0 radical (unpaired) electrons. The first-order chi connectivity index (χ1) is 6.56. The van der Waals surface area contributed by atoms with E-state index in [4.69, 9.17) is 11.0 Å². The number of carbonyl (C=O) groups is 3. The molecular formula is C8H13NO5. The smallest absolute Gasteiger partial charge is 0.309 e. The fourth-order valence-corrected chi connectivity index (χ4v) is 1.10. The summed E-state index contributed by atoms with van der Waals surface area (Å²) in [6.07, 6.45) is 1.37. The summed E-state index contributed by atoms with van der Waals surface area (Å²) in [7, 11) is 0. The Morgan fingerprint density at radius 2 is 2.21 bits per heavy atom. The van der Waals surface area contributed by atoms with E-state index in [1.807, 2.05) is 0 Å². The Kier molecular flexibility index (Phi) is 4.96. The minimum atomic E-state index is -2.09. The highest BCUT2D eigenvalue weighted by Crippen LogP contribution is 2.17. The summed E-state index contributed by atoms with van der Waals surface area (Å²) in [5, 5.41) is 8.11. The molecule has 6 heteroatoms. The molecule has 0 amide bonds. The van der Waals surface area contributed by atoms with Crippen molar-refractivity contribution in [2.75, 3.05) is 0 Å². The van der Waals surface area contributed by atoms with Crippen LogP contribution in [0.1, 0.15) is 19.8 Å². The van der Waals surface area contributed by atoms with Gasteiger partial charge in [0.2, 0.25) is 0 Å². The molecule has 0 spiro atoms. The summed E-state index contributed by atoms with van der Waals surface area (Å²) in [6, 6.07) is 0. The zero-order valence-electron chi connectivity index (χ0n) is 7.80. The minimum absolute atomic E-state index is 0.111. The maximum atomic E-state index is 11.0. The fourth-order valence-electron chi connectivity index (χ4n) is 1.10. The topological polar surface area (TPSA) is 107 Å². The van der Waals surface area contributed by atoms with E-state index in [1.165, 1.54) is 0 Å². The van der Waals surface area contributed by atoms with Gasteiger partial charge >= 0.3 is 5.97 Å². The van der Waals surface area contributed by atoms with Crippen molar-refractivity contribution in [1.29, 1.82) is 0 Å². The van der Waals surface area contributed by atoms with Crippen LogP contribution in [0.2, 0.25) is 0 Å². The third-order valence-corrected chi connectivity index (χ3v) is 2.01. The number of rotatable bonds is 6. The molecule has 0 heterocycles. The lowest BCUT2D eigenvalue weighted by molar-refractivity contribution is -0.240. The van der Waals surface area contributed by atoms with Gasteiger partial charge in [-0.15, -0.1) is 0 Å². The zero-order chi connectivity index (χ0) is 11.2. The highest BCUT2D eigenvalue weighted by atomic mass is 17.1. The molecule has 0 saturated carbocycles. The number of hydrogen-bond donors (Lipinski definition) is 2. The fraction of sp³-hybridized carbons (Fsp3) is 0.625. The van der Waals surface area contributed by atoms with Crippen LogP contribution in [0.5, 0.6) is 0 Å². The van der Waals surface area contributed by atoms with Crippen LogP contribution in [0.4, 0.5) is 0 Å². The van der Waals surface area contributed by atoms with Crippen molar-refractivity contribution in [3.63, 3.8) is 0 Å². The van der Waals surface area contributed by atoms with Gasteiger partial charge in [0.05, 0.1) is 5.92 Å². The van der Waals surface area contributed by atoms with E-state index >= 15 is 0 Å². The Labute approximate surface area is 81.0 Å². The van der Waals surface area contributed by atoms with Gasteiger partial charge in [0.25, 0.3) is 0 Å².